The fourth-order valence-corrected chi connectivity index (χ4v) is 1.63. The van der Waals surface area contributed by atoms with Gasteiger partial charge in [0.05, 0.1) is 10.9 Å². The first-order chi connectivity index (χ1) is 8.11. The van der Waals surface area contributed by atoms with Crippen molar-refractivity contribution in [1.29, 1.82) is 0 Å². The third-order valence-electron chi connectivity index (χ3n) is 2.33. The van der Waals surface area contributed by atoms with E-state index in [1.807, 2.05) is 6.07 Å². The summed E-state index contributed by atoms with van der Waals surface area (Å²) in [5, 5.41) is 9.76. The number of carboxylic acids is 1. The van der Waals surface area contributed by atoms with E-state index in [2.05, 4.69) is 6.58 Å². The van der Waals surface area contributed by atoms with Crippen molar-refractivity contribution in [3.8, 4) is 5.75 Å². The van der Waals surface area contributed by atoms with E-state index < -0.39 is 5.97 Å². The van der Waals surface area contributed by atoms with Gasteiger partial charge in [0.1, 0.15) is 23.7 Å². The summed E-state index contributed by atoms with van der Waals surface area (Å²) in [6, 6.07) is 4.80. The van der Waals surface area contributed by atoms with Crippen LogP contribution in [-0.2, 0) is 0 Å². The lowest BCUT2D eigenvalue weighted by Crippen LogP contribution is -1.99. The van der Waals surface area contributed by atoms with Gasteiger partial charge in [0.15, 0.2) is 0 Å². The number of aryl methyl sites for hydroxylation is 1. The first-order valence-electron chi connectivity index (χ1n) is 5.13. The van der Waals surface area contributed by atoms with Crippen LogP contribution in [0.15, 0.2) is 35.3 Å². The van der Waals surface area contributed by atoms with E-state index in [9.17, 15) is 4.79 Å². The molecule has 0 saturated carbocycles. The van der Waals surface area contributed by atoms with Crippen molar-refractivity contribution in [1.82, 2.24) is 0 Å². The minimum absolute atomic E-state index is 0.144. The minimum atomic E-state index is -1.01. The van der Waals surface area contributed by atoms with Gasteiger partial charge in [-0.05, 0) is 25.1 Å². The van der Waals surface area contributed by atoms with Crippen molar-refractivity contribution in [2.75, 3.05) is 6.61 Å². The third-order valence-corrected chi connectivity index (χ3v) is 2.33. The fraction of sp³-hybridized carbons (Fsp3) is 0.154. The lowest BCUT2D eigenvalue weighted by Gasteiger charge is -2.05. The maximum absolute atomic E-state index is 11.0. The maximum Gasteiger partial charge on any atom is 0.335 e. The number of furan rings is 1. The first kappa shape index (κ1) is 11.3. The SMILES string of the molecule is C=CCOc1cc(C(=O)O)cc2oc(C)cc12. The molecule has 0 aliphatic carbocycles. The van der Waals surface area contributed by atoms with Crippen LogP contribution in [0, 0.1) is 6.92 Å². The Morgan fingerprint density at radius 1 is 1.53 bits per heavy atom. The van der Waals surface area contributed by atoms with Crippen LogP contribution in [0.5, 0.6) is 5.75 Å². The molecule has 0 bridgehead atoms. The van der Waals surface area contributed by atoms with Gasteiger partial charge < -0.3 is 14.3 Å². The fourth-order valence-electron chi connectivity index (χ4n) is 1.63. The van der Waals surface area contributed by atoms with Crippen LogP contribution in [0.2, 0.25) is 0 Å². The second-order valence-electron chi connectivity index (χ2n) is 3.65. The molecule has 17 heavy (non-hydrogen) atoms. The highest BCUT2D eigenvalue weighted by atomic mass is 16.5. The topological polar surface area (TPSA) is 59.7 Å². The van der Waals surface area contributed by atoms with Crippen LogP contribution < -0.4 is 4.74 Å². The van der Waals surface area contributed by atoms with Crippen LogP contribution in [0.25, 0.3) is 11.0 Å². The van der Waals surface area contributed by atoms with Gasteiger partial charge >= 0.3 is 5.97 Å². The van der Waals surface area contributed by atoms with E-state index in [0.717, 1.165) is 5.39 Å². The number of rotatable bonds is 4. The lowest BCUT2D eigenvalue weighted by atomic mass is 10.1. The third kappa shape index (κ3) is 2.15. The number of hydrogen-bond donors (Lipinski definition) is 1. The summed E-state index contributed by atoms with van der Waals surface area (Å²) >= 11 is 0. The van der Waals surface area contributed by atoms with Gasteiger partial charge in [0, 0.05) is 0 Å². The Hall–Kier alpha value is -2.23. The summed E-state index contributed by atoms with van der Waals surface area (Å²) in [4.78, 5) is 11.0. The number of carboxylic acid groups (broad SMARTS) is 1. The zero-order chi connectivity index (χ0) is 12.4. The standard InChI is InChI=1S/C13H12O4/c1-3-4-16-11-6-9(13(14)15)7-12-10(11)5-8(2)17-12/h3,5-7H,1,4H2,2H3,(H,14,15). The molecule has 2 rings (SSSR count). The van der Waals surface area contributed by atoms with Gasteiger partial charge in [-0.1, -0.05) is 12.7 Å². The number of benzene rings is 1. The normalized spacial score (nSPS) is 10.4. The Kier molecular flexibility index (Phi) is 2.87. The smallest absolute Gasteiger partial charge is 0.335 e. The van der Waals surface area contributed by atoms with Crippen molar-refractivity contribution in [3.63, 3.8) is 0 Å². The molecule has 1 N–H and O–H groups in total. The summed E-state index contributed by atoms with van der Waals surface area (Å²) in [7, 11) is 0. The Morgan fingerprint density at radius 3 is 2.94 bits per heavy atom. The molecule has 1 aromatic heterocycles. The number of carbonyl (C=O) groups is 1. The second kappa shape index (κ2) is 4.33. The van der Waals surface area contributed by atoms with Crippen molar-refractivity contribution in [2.45, 2.75) is 6.92 Å². The van der Waals surface area contributed by atoms with Gasteiger partial charge in [-0.2, -0.15) is 0 Å². The number of ether oxygens (including phenoxy) is 1. The van der Waals surface area contributed by atoms with Crippen LogP contribution in [0.1, 0.15) is 16.1 Å². The zero-order valence-electron chi connectivity index (χ0n) is 9.40. The first-order valence-corrected chi connectivity index (χ1v) is 5.13. The highest BCUT2D eigenvalue weighted by Gasteiger charge is 2.13. The van der Waals surface area contributed by atoms with Crippen LogP contribution >= 0.6 is 0 Å². The highest BCUT2D eigenvalue weighted by molar-refractivity contribution is 5.95. The predicted octanol–water partition coefficient (Wildman–Crippen LogP) is 3.00. The van der Waals surface area contributed by atoms with E-state index in [0.29, 0.717) is 23.7 Å². The Labute approximate surface area is 98.1 Å². The highest BCUT2D eigenvalue weighted by Crippen LogP contribution is 2.30. The Balaban J connectivity index is 2.59. The molecule has 0 saturated heterocycles. The van der Waals surface area contributed by atoms with Crippen molar-refractivity contribution < 1.29 is 19.1 Å². The summed E-state index contributed by atoms with van der Waals surface area (Å²) in [6.45, 7) is 5.68. The van der Waals surface area contributed by atoms with Crippen molar-refractivity contribution in [3.05, 3.63) is 42.2 Å². The summed E-state index contributed by atoms with van der Waals surface area (Å²) in [6.07, 6.45) is 1.60. The number of hydrogen-bond acceptors (Lipinski definition) is 3. The Bertz CT molecular complexity index is 580. The van der Waals surface area contributed by atoms with Crippen molar-refractivity contribution >= 4 is 16.9 Å². The van der Waals surface area contributed by atoms with Crippen molar-refractivity contribution in [2.24, 2.45) is 0 Å². The van der Waals surface area contributed by atoms with Gasteiger partial charge in [-0.3, -0.25) is 0 Å². The zero-order valence-corrected chi connectivity index (χ0v) is 9.40. The van der Waals surface area contributed by atoms with Crippen LogP contribution in [0.4, 0.5) is 0 Å². The predicted molar refractivity (Wildman–Crippen MR) is 63.6 cm³/mol. The molecule has 0 radical (unpaired) electrons. The monoisotopic (exact) mass is 232 g/mol. The van der Waals surface area contributed by atoms with E-state index in [4.69, 9.17) is 14.3 Å². The van der Waals surface area contributed by atoms with Gasteiger partial charge in [-0.25, -0.2) is 4.79 Å². The molecule has 0 aliphatic heterocycles. The molecular weight excluding hydrogens is 220 g/mol. The molecule has 0 amide bonds. The second-order valence-corrected chi connectivity index (χ2v) is 3.65. The van der Waals surface area contributed by atoms with Gasteiger partial charge in [-0.15, -0.1) is 0 Å². The van der Waals surface area contributed by atoms with E-state index in [-0.39, 0.29) is 5.56 Å². The van der Waals surface area contributed by atoms with E-state index in [1.54, 1.807) is 13.0 Å². The van der Waals surface area contributed by atoms with Gasteiger partial charge in [0.2, 0.25) is 0 Å². The lowest BCUT2D eigenvalue weighted by molar-refractivity contribution is 0.0696. The summed E-state index contributed by atoms with van der Waals surface area (Å²) in [5.41, 5.74) is 0.660. The molecule has 1 aromatic carbocycles. The maximum atomic E-state index is 11.0. The molecule has 0 atom stereocenters. The molecule has 4 nitrogen and oxygen atoms in total. The molecule has 4 heteroatoms. The van der Waals surface area contributed by atoms with E-state index in [1.165, 1.54) is 12.1 Å². The largest absolute Gasteiger partial charge is 0.489 e. The number of aromatic carboxylic acids is 1. The molecule has 0 fully saturated rings. The molecule has 1 heterocycles. The average molecular weight is 232 g/mol. The summed E-state index contributed by atoms with van der Waals surface area (Å²) in [5.74, 6) is 0.201. The molecule has 0 aliphatic rings. The molecule has 0 spiro atoms. The van der Waals surface area contributed by atoms with Gasteiger partial charge in [0.25, 0.3) is 0 Å². The summed E-state index contributed by atoms with van der Waals surface area (Å²) < 4.78 is 10.8. The van der Waals surface area contributed by atoms with Crippen LogP contribution in [0.3, 0.4) is 0 Å². The molecule has 2 aromatic rings. The average Bonchev–Trinajstić information content (AvgIpc) is 2.65. The van der Waals surface area contributed by atoms with E-state index >= 15 is 0 Å². The number of fused-ring (bicyclic) bond motifs is 1. The quantitative estimate of drug-likeness (QED) is 0.823. The molecule has 88 valence electrons. The molecular formula is C13H12O4. The molecule has 0 unspecified atom stereocenters. The minimum Gasteiger partial charge on any atom is -0.489 e. The Morgan fingerprint density at radius 2 is 2.29 bits per heavy atom. The van der Waals surface area contributed by atoms with Crippen LogP contribution in [-0.4, -0.2) is 17.7 Å².